The molecule has 0 aliphatic carbocycles. The lowest BCUT2D eigenvalue weighted by molar-refractivity contribution is -0.140. The number of hydrogen-bond donors (Lipinski definition) is 2. The van der Waals surface area contributed by atoms with Gasteiger partial charge in [0.2, 0.25) is 5.91 Å². The Labute approximate surface area is 164 Å². The van der Waals surface area contributed by atoms with Crippen molar-refractivity contribution in [2.24, 2.45) is 11.1 Å². The average Bonchev–Trinajstić information content (AvgIpc) is 2.64. The Morgan fingerprint density at radius 1 is 1.26 bits per heavy atom. The number of hydrogen-bond acceptors (Lipinski definition) is 6. The largest absolute Gasteiger partial charge is 0.493 e. The summed E-state index contributed by atoms with van der Waals surface area (Å²) in [4.78, 5) is 33.9. The zero-order valence-corrected chi connectivity index (χ0v) is 17.1. The summed E-state index contributed by atoms with van der Waals surface area (Å²) in [5, 5.41) is 0.392. The second kappa shape index (κ2) is 9.05. The van der Waals surface area contributed by atoms with Crippen molar-refractivity contribution in [3.63, 3.8) is 0 Å². The number of halogens is 1. The number of carbonyl (C=O) groups excluding carboxylic acids is 1. The molecule has 150 valence electrons. The minimum absolute atomic E-state index is 0. The predicted octanol–water partition coefficient (Wildman–Crippen LogP) is 1.70. The maximum absolute atomic E-state index is 12.7. The van der Waals surface area contributed by atoms with Crippen molar-refractivity contribution >= 4 is 29.2 Å². The topological polar surface area (TPSA) is 111 Å². The lowest BCUT2D eigenvalue weighted by atomic mass is 9.92. The first-order valence-corrected chi connectivity index (χ1v) is 8.41. The molecular formula is C18H27ClN4O4. The fourth-order valence-electron chi connectivity index (χ4n) is 2.61. The SMILES string of the molecule is CCN(Cc1nc2cc(OC)c(OC)cc2c(=O)[nH]1)C(=O)C(C)(C)CN.Cl. The fourth-order valence-corrected chi connectivity index (χ4v) is 2.61. The molecule has 0 saturated carbocycles. The summed E-state index contributed by atoms with van der Waals surface area (Å²) in [6.45, 7) is 6.38. The lowest BCUT2D eigenvalue weighted by Gasteiger charge is -2.30. The third kappa shape index (κ3) is 4.70. The first-order chi connectivity index (χ1) is 12.3. The van der Waals surface area contributed by atoms with E-state index in [0.29, 0.717) is 34.8 Å². The number of methoxy groups -OCH3 is 2. The van der Waals surface area contributed by atoms with Gasteiger partial charge in [0.15, 0.2) is 11.5 Å². The number of amides is 1. The highest BCUT2D eigenvalue weighted by atomic mass is 35.5. The number of aromatic nitrogens is 2. The van der Waals surface area contributed by atoms with Crippen LogP contribution in [0.4, 0.5) is 0 Å². The predicted molar refractivity (Wildman–Crippen MR) is 107 cm³/mol. The molecule has 8 nitrogen and oxygen atoms in total. The van der Waals surface area contributed by atoms with Gasteiger partial charge in [0.25, 0.3) is 5.56 Å². The lowest BCUT2D eigenvalue weighted by Crippen LogP contribution is -2.44. The second-order valence-corrected chi connectivity index (χ2v) is 6.64. The van der Waals surface area contributed by atoms with E-state index in [0.717, 1.165) is 0 Å². The molecule has 0 saturated heterocycles. The standard InChI is InChI=1S/C18H26N4O4.ClH/c1-6-22(17(24)18(2,3)10-19)9-15-20-12-8-14(26-5)13(25-4)7-11(12)16(23)21-15;/h7-8H,6,9-10,19H2,1-5H3,(H,20,21,23);1H. The molecule has 0 atom stereocenters. The van der Waals surface area contributed by atoms with Gasteiger partial charge >= 0.3 is 0 Å². The Kier molecular flexibility index (Phi) is 7.62. The summed E-state index contributed by atoms with van der Waals surface area (Å²) in [5.74, 6) is 1.25. The number of nitrogens with one attached hydrogen (secondary N) is 1. The molecule has 27 heavy (non-hydrogen) atoms. The minimum atomic E-state index is -0.677. The summed E-state index contributed by atoms with van der Waals surface area (Å²) in [6.07, 6.45) is 0. The Balaban J connectivity index is 0.00000364. The van der Waals surface area contributed by atoms with Crippen LogP contribution < -0.4 is 20.8 Å². The quantitative estimate of drug-likeness (QED) is 0.734. The number of fused-ring (bicyclic) bond motifs is 1. The van der Waals surface area contributed by atoms with E-state index in [9.17, 15) is 9.59 Å². The van der Waals surface area contributed by atoms with Crippen LogP contribution in [0.1, 0.15) is 26.6 Å². The molecule has 9 heteroatoms. The van der Waals surface area contributed by atoms with Gasteiger partial charge in [-0.3, -0.25) is 9.59 Å². The molecule has 2 rings (SSSR count). The Bertz CT molecular complexity index is 866. The number of aromatic amines is 1. The van der Waals surface area contributed by atoms with Crippen LogP contribution in [0.25, 0.3) is 10.9 Å². The van der Waals surface area contributed by atoms with Crippen LogP contribution in [0.5, 0.6) is 11.5 Å². The van der Waals surface area contributed by atoms with Crippen LogP contribution in [0.3, 0.4) is 0 Å². The maximum Gasteiger partial charge on any atom is 0.258 e. The molecule has 1 aromatic carbocycles. The molecule has 0 bridgehead atoms. The first-order valence-electron chi connectivity index (χ1n) is 8.41. The Hall–Kier alpha value is -2.32. The third-order valence-electron chi connectivity index (χ3n) is 4.36. The summed E-state index contributed by atoms with van der Waals surface area (Å²) >= 11 is 0. The minimum Gasteiger partial charge on any atom is -0.493 e. The van der Waals surface area contributed by atoms with Crippen LogP contribution in [0.2, 0.25) is 0 Å². The molecule has 0 unspecified atom stereocenters. The maximum atomic E-state index is 12.7. The van der Waals surface area contributed by atoms with Gasteiger partial charge in [0.05, 0.1) is 37.1 Å². The Morgan fingerprint density at radius 3 is 2.37 bits per heavy atom. The second-order valence-electron chi connectivity index (χ2n) is 6.64. The highest BCUT2D eigenvalue weighted by molar-refractivity contribution is 5.85. The molecule has 1 amide bonds. The smallest absolute Gasteiger partial charge is 0.258 e. The van der Waals surface area contributed by atoms with E-state index in [1.807, 2.05) is 6.92 Å². The van der Waals surface area contributed by atoms with Gasteiger partial charge in [-0.2, -0.15) is 0 Å². The van der Waals surface area contributed by atoms with Crippen molar-refractivity contribution in [2.75, 3.05) is 27.3 Å². The number of rotatable bonds is 7. The normalized spacial score (nSPS) is 11.0. The number of carbonyl (C=O) groups is 1. The third-order valence-corrected chi connectivity index (χ3v) is 4.36. The van der Waals surface area contributed by atoms with Crippen LogP contribution >= 0.6 is 12.4 Å². The van der Waals surface area contributed by atoms with E-state index in [-0.39, 0.29) is 37.0 Å². The molecule has 0 aliphatic heterocycles. The van der Waals surface area contributed by atoms with E-state index in [2.05, 4.69) is 9.97 Å². The number of nitrogens with zero attached hydrogens (tertiary/aromatic N) is 2. The molecule has 2 aromatic rings. The summed E-state index contributed by atoms with van der Waals surface area (Å²) < 4.78 is 10.5. The summed E-state index contributed by atoms with van der Waals surface area (Å²) in [5.41, 5.74) is 5.20. The van der Waals surface area contributed by atoms with Gasteiger partial charge in [0.1, 0.15) is 5.82 Å². The van der Waals surface area contributed by atoms with Crippen LogP contribution in [-0.2, 0) is 11.3 Å². The van der Waals surface area contributed by atoms with Gasteiger partial charge in [-0.1, -0.05) is 0 Å². The molecule has 1 heterocycles. The van der Waals surface area contributed by atoms with E-state index in [1.165, 1.54) is 14.2 Å². The monoisotopic (exact) mass is 398 g/mol. The van der Waals surface area contributed by atoms with E-state index >= 15 is 0 Å². The van der Waals surface area contributed by atoms with Crippen molar-refractivity contribution in [1.29, 1.82) is 0 Å². The summed E-state index contributed by atoms with van der Waals surface area (Å²) in [7, 11) is 3.02. The molecule has 0 aliphatic rings. The van der Waals surface area contributed by atoms with Crippen LogP contribution in [0.15, 0.2) is 16.9 Å². The van der Waals surface area contributed by atoms with Crippen molar-refractivity contribution in [1.82, 2.24) is 14.9 Å². The van der Waals surface area contributed by atoms with Gasteiger partial charge < -0.3 is 25.1 Å². The number of ether oxygens (including phenoxy) is 2. The van der Waals surface area contributed by atoms with E-state index in [4.69, 9.17) is 15.2 Å². The van der Waals surface area contributed by atoms with Gasteiger partial charge in [-0.15, -0.1) is 12.4 Å². The van der Waals surface area contributed by atoms with E-state index in [1.54, 1.807) is 30.9 Å². The van der Waals surface area contributed by atoms with Gasteiger partial charge in [0, 0.05) is 19.2 Å². The average molecular weight is 399 g/mol. The van der Waals surface area contributed by atoms with Crippen molar-refractivity contribution in [2.45, 2.75) is 27.3 Å². The number of nitrogens with two attached hydrogens (primary N) is 1. The fraction of sp³-hybridized carbons (Fsp3) is 0.500. The molecule has 3 N–H and O–H groups in total. The first kappa shape index (κ1) is 22.7. The van der Waals surface area contributed by atoms with Gasteiger partial charge in [-0.05, 0) is 26.8 Å². The molecule has 0 spiro atoms. The Morgan fingerprint density at radius 2 is 1.85 bits per heavy atom. The highest BCUT2D eigenvalue weighted by Crippen LogP contribution is 2.30. The van der Waals surface area contributed by atoms with Crippen molar-refractivity contribution < 1.29 is 14.3 Å². The van der Waals surface area contributed by atoms with Crippen molar-refractivity contribution in [3.05, 3.63) is 28.3 Å². The number of H-pyrrole nitrogens is 1. The molecule has 0 radical (unpaired) electrons. The highest BCUT2D eigenvalue weighted by Gasteiger charge is 2.30. The zero-order valence-electron chi connectivity index (χ0n) is 16.3. The van der Waals surface area contributed by atoms with E-state index < -0.39 is 5.41 Å². The van der Waals surface area contributed by atoms with Crippen LogP contribution in [-0.4, -0.2) is 48.1 Å². The van der Waals surface area contributed by atoms with Crippen LogP contribution in [0, 0.1) is 5.41 Å². The molecule has 1 aromatic heterocycles. The summed E-state index contributed by atoms with van der Waals surface area (Å²) in [6, 6.07) is 3.24. The van der Waals surface area contributed by atoms with Gasteiger partial charge in [-0.25, -0.2) is 4.98 Å². The molecule has 0 fully saturated rings. The van der Waals surface area contributed by atoms with Crippen molar-refractivity contribution in [3.8, 4) is 11.5 Å². The number of benzene rings is 1. The molecular weight excluding hydrogens is 372 g/mol. The zero-order chi connectivity index (χ0) is 19.5.